The zero-order valence-electron chi connectivity index (χ0n) is 8.81. The highest BCUT2D eigenvalue weighted by molar-refractivity contribution is 9.10. The van der Waals surface area contributed by atoms with E-state index in [1.165, 1.54) is 6.20 Å². The molecule has 0 amide bonds. The van der Waals surface area contributed by atoms with Gasteiger partial charge in [0.25, 0.3) is 6.43 Å². The normalized spacial score (nSPS) is 10.9. The first kappa shape index (κ1) is 12.7. The quantitative estimate of drug-likeness (QED) is 0.865. The minimum Gasteiger partial charge on any atom is -0.338 e. The number of hydrogen-bond donors (Lipinski definition) is 0. The number of carbonyl (C=O) groups is 1. The van der Waals surface area contributed by atoms with Crippen molar-refractivity contribution in [3.63, 3.8) is 0 Å². The fourth-order valence-electron chi connectivity index (χ4n) is 1.16. The van der Waals surface area contributed by atoms with Crippen molar-refractivity contribution in [2.45, 2.75) is 12.8 Å². The Bertz CT molecular complexity index is 557. The molecule has 2 aromatic heterocycles. The number of Topliss-reactive ketones (excluding diaryl/α,β-unsaturated/α-hetero) is 1. The van der Waals surface area contributed by atoms with E-state index in [1.54, 1.807) is 12.1 Å². The van der Waals surface area contributed by atoms with Crippen LogP contribution in [0.25, 0.3) is 11.5 Å². The van der Waals surface area contributed by atoms with E-state index in [-0.39, 0.29) is 11.7 Å². The van der Waals surface area contributed by atoms with Crippen LogP contribution in [0.3, 0.4) is 0 Å². The number of halogens is 3. The molecule has 0 bridgehead atoms. The summed E-state index contributed by atoms with van der Waals surface area (Å²) in [6.07, 6.45) is -2.08. The molecule has 0 radical (unpaired) electrons. The molecule has 0 fully saturated rings. The van der Waals surface area contributed by atoms with Gasteiger partial charge in [-0.3, -0.25) is 9.78 Å². The van der Waals surface area contributed by atoms with Gasteiger partial charge in [-0.15, -0.1) is 0 Å². The Kier molecular flexibility index (Phi) is 3.75. The maximum absolute atomic E-state index is 12.0. The van der Waals surface area contributed by atoms with E-state index in [0.717, 1.165) is 4.47 Å². The number of pyridine rings is 1. The van der Waals surface area contributed by atoms with Crippen LogP contribution >= 0.6 is 15.9 Å². The Hall–Kier alpha value is -1.70. The zero-order valence-corrected chi connectivity index (χ0v) is 10.4. The van der Waals surface area contributed by atoms with Crippen molar-refractivity contribution in [1.29, 1.82) is 0 Å². The van der Waals surface area contributed by atoms with Crippen molar-refractivity contribution in [3.05, 3.63) is 28.7 Å². The SMILES string of the molecule is O=C(Cc1nc(-c2ccc(Br)cn2)no1)C(F)F. The molecule has 0 aliphatic rings. The molecule has 5 nitrogen and oxygen atoms in total. The van der Waals surface area contributed by atoms with Gasteiger partial charge in [0.1, 0.15) is 5.69 Å². The van der Waals surface area contributed by atoms with Crippen LogP contribution in [0.2, 0.25) is 0 Å². The molecule has 0 atom stereocenters. The fourth-order valence-corrected chi connectivity index (χ4v) is 1.40. The van der Waals surface area contributed by atoms with Crippen LogP contribution < -0.4 is 0 Å². The molecule has 2 heterocycles. The molecule has 0 unspecified atom stereocenters. The van der Waals surface area contributed by atoms with E-state index >= 15 is 0 Å². The first-order valence-electron chi connectivity index (χ1n) is 4.81. The second-order valence-electron chi connectivity index (χ2n) is 3.32. The summed E-state index contributed by atoms with van der Waals surface area (Å²) < 4.78 is 29.5. The summed E-state index contributed by atoms with van der Waals surface area (Å²) in [6, 6.07) is 3.36. The first-order chi connectivity index (χ1) is 8.56. The molecule has 0 aliphatic heterocycles. The van der Waals surface area contributed by atoms with Gasteiger partial charge in [0.2, 0.25) is 17.5 Å². The number of ketones is 1. The molecule has 2 aromatic rings. The van der Waals surface area contributed by atoms with E-state index < -0.39 is 18.6 Å². The number of hydrogen-bond acceptors (Lipinski definition) is 5. The Morgan fingerprint density at radius 1 is 1.44 bits per heavy atom. The van der Waals surface area contributed by atoms with E-state index in [2.05, 4.69) is 31.1 Å². The number of aromatic nitrogens is 3. The third-order valence-electron chi connectivity index (χ3n) is 1.99. The van der Waals surface area contributed by atoms with Crippen LogP contribution in [0.5, 0.6) is 0 Å². The van der Waals surface area contributed by atoms with E-state index in [1.807, 2.05) is 0 Å². The van der Waals surface area contributed by atoms with Gasteiger partial charge in [0.15, 0.2) is 0 Å². The third kappa shape index (κ3) is 2.95. The molecular weight excluding hydrogens is 312 g/mol. The predicted molar refractivity (Wildman–Crippen MR) is 59.9 cm³/mol. The molecule has 0 spiro atoms. The fraction of sp³-hybridized carbons (Fsp3) is 0.200. The summed E-state index contributed by atoms with van der Waals surface area (Å²) in [6.45, 7) is 0. The van der Waals surface area contributed by atoms with Crippen molar-refractivity contribution >= 4 is 21.7 Å². The lowest BCUT2D eigenvalue weighted by Gasteiger charge is -1.93. The number of nitrogens with zero attached hydrogens (tertiary/aromatic N) is 3. The molecule has 94 valence electrons. The zero-order chi connectivity index (χ0) is 13.1. The average molecular weight is 318 g/mol. The number of carbonyl (C=O) groups excluding carboxylic acids is 1. The van der Waals surface area contributed by atoms with Crippen LogP contribution in [0.15, 0.2) is 27.3 Å². The third-order valence-corrected chi connectivity index (χ3v) is 2.46. The number of rotatable bonds is 4. The lowest BCUT2D eigenvalue weighted by molar-refractivity contribution is -0.129. The van der Waals surface area contributed by atoms with Gasteiger partial charge in [-0.05, 0) is 28.1 Å². The van der Waals surface area contributed by atoms with Gasteiger partial charge in [-0.1, -0.05) is 5.16 Å². The first-order valence-corrected chi connectivity index (χ1v) is 5.61. The van der Waals surface area contributed by atoms with Crippen LogP contribution in [0, 0.1) is 0 Å². The molecule has 0 saturated heterocycles. The molecule has 0 saturated carbocycles. The Balaban J connectivity index is 2.15. The highest BCUT2D eigenvalue weighted by Crippen LogP contribution is 2.16. The second-order valence-corrected chi connectivity index (χ2v) is 4.23. The van der Waals surface area contributed by atoms with E-state index in [9.17, 15) is 13.6 Å². The topological polar surface area (TPSA) is 68.9 Å². The van der Waals surface area contributed by atoms with Gasteiger partial charge >= 0.3 is 0 Å². The summed E-state index contributed by atoms with van der Waals surface area (Å²) in [5.41, 5.74) is 0.428. The highest BCUT2D eigenvalue weighted by atomic mass is 79.9. The lowest BCUT2D eigenvalue weighted by Crippen LogP contribution is -2.12. The molecular formula is C10H6BrF2N3O2. The Morgan fingerprint density at radius 2 is 2.22 bits per heavy atom. The molecule has 2 rings (SSSR count). The molecule has 18 heavy (non-hydrogen) atoms. The standard InChI is InChI=1S/C10H6BrF2N3O2/c11-5-1-2-6(14-4-5)10-15-8(18-16-10)3-7(17)9(12)13/h1-2,4,9H,3H2. The van der Waals surface area contributed by atoms with Crippen LogP contribution in [0.1, 0.15) is 5.89 Å². The Morgan fingerprint density at radius 3 is 2.83 bits per heavy atom. The summed E-state index contributed by atoms with van der Waals surface area (Å²) in [4.78, 5) is 18.6. The van der Waals surface area contributed by atoms with Crippen molar-refractivity contribution in [1.82, 2.24) is 15.1 Å². The minimum absolute atomic E-state index is 0.152. The molecule has 0 aliphatic carbocycles. The van der Waals surface area contributed by atoms with Gasteiger partial charge in [0, 0.05) is 10.7 Å². The van der Waals surface area contributed by atoms with Crippen molar-refractivity contribution in [3.8, 4) is 11.5 Å². The van der Waals surface area contributed by atoms with E-state index in [4.69, 9.17) is 4.52 Å². The lowest BCUT2D eigenvalue weighted by atomic mass is 10.3. The van der Waals surface area contributed by atoms with Gasteiger partial charge in [-0.2, -0.15) is 4.98 Å². The van der Waals surface area contributed by atoms with Crippen LogP contribution in [-0.2, 0) is 11.2 Å². The van der Waals surface area contributed by atoms with Crippen LogP contribution in [-0.4, -0.2) is 27.3 Å². The van der Waals surface area contributed by atoms with Crippen LogP contribution in [0.4, 0.5) is 8.78 Å². The summed E-state index contributed by atoms with van der Waals surface area (Å²) >= 11 is 3.22. The summed E-state index contributed by atoms with van der Waals surface area (Å²) in [7, 11) is 0. The number of alkyl halides is 2. The van der Waals surface area contributed by atoms with E-state index in [0.29, 0.717) is 5.69 Å². The predicted octanol–water partition coefficient (Wildman–Crippen LogP) is 2.27. The van der Waals surface area contributed by atoms with Crippen molar-refractivity contribution in [2.75, 3.05) is 0 Å². The maximum atomic E-state index is 12.0. The van der Waals surface area contributed by atoms with Gasteiger partial charge < -0.3 is 4.52 Å². The maximum Gasteiger partial charge on any atom is 0.296 e. The average Bonchev–Trinajstić information content (AvgIpc) is 2.78. The molecule has 0 N–H and O–H groups in total. The van der Waals surface area contributed by atoms with Gasteiger partial charge in [0.05, 0.1) is 6.42 Å². The largest absolute Gasteiger partial charge is 0.338 e. The smallest absolute Gasteiger partial charge is 0.296 e. The Labute approximate surface area is 108 Å². The summed E-state index contributed by atoms with van der Waals surface area (Å²) in [5.74, 6) is -1.26. The van der Waals surface area contributed by atoms with Gasteiger partial charge in [-0.25, -0.2) is 8.78 Å². The van der Waals surface area contributed by atoms with Crippen molar-refractivity contribution in [2.24, 2.45) is 0 Å². The highest BCUT2D eigenvalue weighted by Gasteiger charge is 2.20. The second kappa shape index (κ2) is 5.30. The monoisotopic (exact) mass is 317 g/mol. The van der Waals surface area contributed by atoms with Crippen molar-refractivity contribution < 1.29 is 18.1 Å². The summed E-state index contributed by atoms with van der Waals surface area (Å²) in [5, 5.41) is 3.57. The molecule has 8 heteroatoms. The molecule has 0 aromatic carbocycles. The minimum atomic E-state index is -3.04.